The maximum atomic E-state index is 5.70. The molecule has 4 heteroatoms. The van der Waals surface area contributed by atoms with Crippen molar-refractivity contribution in [3.05, 3.63) is 56.2 Å². The molecule has 0 spiro atoms. The van der Waals surface area contributed by atoms with Crippen LogP contribution in [0.15, 0.2) is 39.5 Å². The molecule has 0 fully saturated rings. The molecule has 2 aromatic rings. The lowest BCUT2D eigenvalue weighted by molar-refractivity contribution is 0.636. The van der Waals surface area contributed by atoms with E-state index in [-0.39, 0.29) is 6.04 Å². The second kappa shape index (κ2) is 5.97. The van der Waals surface area contributed by atoms with Crippen molar-refractivity contribution in [3.63, 3.8) is 0 Å². The highest BCUT2D eigenvalue weighted by Gasteiger charge is 2.16. The van der Waals surface area contributed by atoms with Crippen LogP contribution in [0.2, 0.25) is 0 Å². The number of halogens is 1. The minimum Gasteiger partial charge on any atom is -0.271 e. The predicted molar refractivity (Wildman–Crippen MR) is 81.7 cm³/mol. The van der Waals surface area contributed by atoms with Gasteiger partial charge in [-0.25, -0.2) is 5.43 Å². The van der Waals surface area contributed by atoms with Gasteiger partial charge in [0.1, 0.15) is 0 Å². The molecule has 2 rings (SSSR count). The van der Waals surface area contributed by atoms with Gasteiger partial charge in [-0.15, -0.1) is 0 Å². The lowest BCUT2D eigenvalue weighted by Gasteiger charge is -2.17. The van der Waals surface area contributed by atoms with Crippen LogP contribution in [0.4, 0.5) is 0 Å². The van der Waals surface area contributed by atoms with E-state index in [4.69, 9.17) is 5.84 Å². The maximum absolute atomic E-state index is 5.70. The average Bonchev–Trinajstić information content (AvgIpc) is 2.78. The molecule has 1 unspecified atom stereocenters. The van der Waals surface area contributed by atoms with Crippen LogP contribution in [0, 0.1) is 0 Å². The first-order valence-electron chi connectivity index (χ1n) is 5.91. The largest absolute Gasteiger partial charge is 0.271 e. The smallest absolute Gasteiger partial charge is 0.0729 e. The van der Waals surface area contributed by atoms with Crippen molar-refractivity contribution in [2.24, 2.45) is 5.84 Å². The maximum Gasteiger partial charge on any atom is 0.0729 e. The fourth-order valence-corrected chi connectivity index (χ4v) is 3.49. The van der Waals surface area contributed by atoms with Gasteiger partial charge in [-0.05, 0) is 43.9 Å². The van der Waals surface area contributed by atoms with Gasteiger partial charge >= 0.3 is 0 Å². The molecule has 1 atom stereocenters. The van der Waals surface area contributed by atoms with Crippen molar-refractivity contribution >= 4 is 27.3 Å². The van der Waals surface area contributed by atoms with E-state index in [0.717, 1.165) is 4.47 Å². The first-order chi connectivity index (χ1) is 8.63. The Bertz CT molecular complexity index is 505. The van der Waals surface area contributed by atoms with Crippen molar-refractivity contribution in [3.8, 4) is 0 Å². The summed E-state index contributed by atoms with van der Waals surface area (Å²) in [5.74, 6) is 6.25. The summed E-state index contributed by atoms with van der Waals surface area (Å²) in [6, 6.07) is 8.66. The van der Waals surface area contributed by atoms with Crippen molar-refractivity contribution in [1.29, 1.82) is 0 Å². The van der Waals surface area contributed by atoms with Crippen LogP contribution in [0.1, 0.15) is 42.5 Å². The van der Waals surface area contributed by atoms with Gasteiger partial charge < -0.3 is 0 Å². The Hall–Kier alpha value is -0.680. The second-order valence-corrected chi connectivity index (χ2v) is 6.19. The van der Waals surface area contributed by atoms with Gasteiger partial charge in [-0.1, -0.05) is 38.1 Å². The highest BCUT2D eigenvalue weighted by Crippen LogP contribution is 2.31. The van der Waals surface area contributed by atoms with Gasteiger partial charge in [-0.3, -0.25) is 5.84 Å². The van der Waals surface area contributed by atoms with E-state index < -0.39 is 0 Å². The lowest BCUT2D eigenvalue weighted by atomic mass is 9.97. The van der Waals surface area contributed by atoms with E-state index in [9.17, 15) is 0 Å². The number of benzene rings is 1. The van der Waals surface area contributed by atoms with Crippen LogP contribution in [0.5, 0.6) is 0 Å². The molecule has 3 N–H and O–H groups in total. The van der Waals surface area contributed by atoms with Crippen LogP contribution in [-0.2, 0) is 0 Å². The normalized spacial score (nSPS) is 12.9. The van der Waals surface area contributed by atoms with E-state index in [1.807, 2.05) is 0 Å². The fraction of sp³-hybridized carbons (Fsp3) is 0.286. The summed E-state index contributed by atoms with van der Waals surface area (Å²) < 4.78 is 1.10. The van der Waals surface area contributed by atoms with E-state index in [2.05, 4.69) is 70.2 Å². The third kappa shape index (κ3) is 2.83. The molecule has 2 nitrogen and oxygen atoms in total. The summed E-state index contributed by atoms with van der Waals surface area (Å²) >= 11 is 5.23. The molecular formula is C14H17BrN2S. The molecule has 1 aromatic carbocycles. The zero-order valence-corrected chi connectivity index (χ0v) is 12.9. The molecule has 0 amide bonds. The zero-order chi connectivity index (χ0) is 13.1. The van der Waals surface area contributed by atoms with Crippen LogP contribution >= 0.6 is 27.3 Å². The Balaban J connectivity index is 2.31. The summed E-state index contributed by atoms with van der Waals surface area (Å²) in [7, 11) is 0. The average molecular weight is 325 g/mol. The molecule has 0 saturated heterocycles. The second-order valence-electron chi connectivity index (χ2n) is 4.60. The molecule has 0 aliphatic rings. The Labute approximate surface area is 120 Å². The summed E-state index contributed by atoms with van der Waals surface area (Å²) in [5, 5.41) is 4.19. The number of rotatable bonds is 4. The monoisotopic (exact) mass is 324 g/mol. The highest BCUT2D eigenvalue weighted by molar-refractivity contribution is 9.10. The van der Waals surface area contributed by atoms with Gasteiger partial charge in [0.25, 0.3) is 0 Å². The highest BCUT2D eigenvalue weighted by atomic mass is 79.9. The predicted octanol–water partition coefficient (Wildman–Crippen LogP) is 4.19. The topological polar surface area (TPSA) is 38.0 Å². The van der Waals surface area contributed by atoms with Gasteiger partial charge in [-0.2, -0.15) is 11.3 Å². The van der Waals surface area contributed by atoms with Crippen LogP contribution < -0.4 is 11.3 Å². The molecule has 1 aromatic heterocycles. The molecule has 0 aliphatic carbocycles. The van der Waals surface area contributed by atoms with Crippen LogP contribution in [0.3, 0.4) is 0 Å². The van der Waals surface area contributed by atoms with Crippen LogP contribution in [-0.4, -0.2) is 0 Å². The summed E-state index contributed by atoms with van der Waals surface area (Å²) in [6.07, 6.45) is 0. The fourth-order valence-electron chi connectivity index (χ4n) is 1.94. The summed E-state index contributed by atoms with van der Waals surface area (Å²) in [4.78, 5) is 0. The van der Waals surface area contributed by atoms with Crippen molar-refractivity contribution in [2.45, 2.75) is 25.8 Å². The van der Waals surface area contributed by atoms with E-state index in [1.54, 1.807) is 11.3 Å². The number of hydrogen-bond acceptors (Lipinski definition) is 3. The number of hydrazine groups is 1. The molecule has 1 heterocycles. The van der Waals surface area contributed by atoms with E-state index >= 15 is 0 Å². The first kappa shape index (κ1) is 13.7. The van der Waals surface area contributed by atoms with Gasteiger partial charge in [0, 0.05) is 9.85 Å². The number of thiophene rings is 1. The number of hydrogen-bond donors (Lipinski definition) is 2. The molecule has 0 aliphatic heterocycles. The van der Waals surface area contributed by atoms with E-state index in [1.165, 1.54) is 16.7 Å². The molecule has 0 radical (unpaired) electrons. The Morgan fingerprint density at radius 1 is 1.11 bits per heavy atom. The number of nitrogens with two attached hydrogens (primary N) is 1. The van der Waals surface area contributed by atoms with Crippen molar-refractivity contribution in [2.75, 3.05) is 0 Å². The Morgan fingerprint density at radius 2 is 1.72 bits per heavy atom. The van der Waals surface area contributed by atoms with Gasteiger partial charge in [0.2, 0.25) is 0 Å². The third-order valence-corrected chi connectivity index (χ3v) is 4.81. The minimum absolute atomic E-state index is 0.0341. The van der Waals surface area contributed by atoms with Crippen molar-refractivity contribution in [1.82, 2.24) is 5.43 Å². The molecule has 0 bridgehead atoms. The first-order valence-corrected chi connectivity index (χ1v) is 7.64. The van der Waals surface area contributed by atoms with E-state index in [0.29, 0.717) is 5.92 Å². The zero-order valence-electron chi connectivity index (χ0n) is 10.5. The molecule has 0 saturated carbocycles. The SMILES string of the molecule is CC(C)c1ccc(C(NN)c2cscc2Br)cc1. The van der Waals surface area contributed by atoms with Crippen molar-refractivity contribution < 1.29 is 0 Å². The third-order valence-electron chi connectivity index (χ3n) is 3.06. The quantitative estimate of drug-likeness (QED) is 0.653. The van der Waals surface area contributed by atoms with Crippen LogP contribution in [0.25, 0.3) is 0 Å². The summed E-state index contributed by atoms with van der Waals surface area (Å²) in [5.41, 5.74) is 6.59. The van der Waals surface area contributed by atoms with Gasteiger partial charge in [0.05, 0.1) is 6.04 Å². The minimum atomic E-state index is 0.0341. The Kier molecular flexibility index (Phi) is 4.56. The lowest BCUT2D eigenvalue weighted by Crippen LogP contribution is -2.28. The van der Waals surface area contributed by atoms with Gasteiger partial charge in [0.15, 0.2) is 0 Å². The standard InChI is InChI=1S/C14H17BrN2S/c1-9(2)10-3-5-11(6-4-10)14(17-16)12-7-18-8-13(12)15/h3-9,14,17H,16H2,1-2H3. The molecule has 18 heavy (non-hydrogen) atoms. The molecule has 96 valence electrons. The summed E-state index contributed by atoms with van der Waals surface area (Å²) in [6.45, 7) is 4.40. The Morgan fingerprint density at radius 3 is 2.17 bits per heavy atom. The molecular weight excluding hydrogens is 308 g/mol. The number of nitrogens with one attached hydrogen (secondary N) is 1.